The minimum absolute atomic E-state index is 0.177. The Morgan fingerprint density at radius 2 is 1.75 bits per heavy atom. The van der Waals surface area contributed by atoms with Crippen LogP contribution >= 0.6 is 0 Å². The molecule has 0 spiro atoms. The number of nitrogens with zero attached hydrogens (tertiary/aromatic N) is 4. The van der Waals surface area contributed by atoms with Gasteiger partial charge in [-0.1, -0.05) is 13.3 Å². The second-order valence-corrected chi connectivity index (χ2v) is 4.13. The molecule has 0 aliphatic heterocycles. The first kappa shape index (κ1) is 16.6. The summed E-state index contributed by atoms with van der Waals surface area (Å²) in [5, 5.41) is 12.5. The van der Waals surface area contributed by atoms with Crippen LogP contribution in [0.2, 0.25) is 0 Å². The van der Waals surface area contributed by atoms with E-state index in [1.165, 1.54) is 6.33 Å². The van der Waals surface area contributed by atoms with Crippen molar-refractivity contribution < 1.29 is 14.2 Å². The Bertz CT molecular complexity index is 389. The van der Waals surface area contributed by atoms with Crippen LogP contribution in [0.25, 0.3) is 0 Å². The van der Waals surface area contributed by atoms with Crippen molar-refractivity contribution in [1.82, 2.24) is 14.8 Å². The Kier molecular flexibility index (Phi) is 9.40. The molecule has 0 fully saturated rings. The fourth-order valence-corrected chi connectivity index (χ4v) is 1.40. The number of aromatic nitrogens is 3. The quantitative estimate of drug-likeness (QED) is 0.532. The second-order valence-electron chi connectivity index (χ2n) is 4.13. The molecule has 0 aliphatic rings. The predicted molar refractivity (Wildman–Crippen MR) is 72.1 cm³/mol. The smallest absolute Gasteiger partial charge is 0.252 e. The van der Waals surface area contributed by atoms with E-state index in [2.05, 4.69) is 17.0 Å². The fourth-order valence-electron chi connectivity index (χ4n) is 1.40. The maximum absolute atomic E-state index is 8.56. The van der Waals surface area contributed by atoms with Crippen LogP contribution in [0.15, 0.2) is 6.33 Å². The average molecular weight is 282 g/mol. The van der Waals surface area contributed by atoms with E-state index < -0.39 is 0 Å². The van der Waals surface area contributed by atoms with Gasteiger partial charge in [-0.2, -0.15) is 5.26 Å². The molecular weight excluding hydrogens is 260 g/mol. The highest BCUT2D eigenvalue weighted by atomic mass is 16.5. The summed E-state index contributed by atoms with van der Waals surface area (Å²) in [5.41, 5.74) is 0. The van der Waals surface area contributed by atoms with Gasteiger partial charge in [-0.15, -0.1) is 5.10 Å². The Hall–Kier alpha value is -1.49. The van der Waals surface area contributed by atoms with Crippen molar-refractivity contribution in [2.45, 2.75) is 26.3 Å². The molecule has 0 aromatic carbocycles. The molecule has 1 aromatic heterocycles. The molecule has 0 atom stereocenters. The van der Waals surface area contributed by atoms with Gasteiger partial charge in [0.1, 0.15) is 12.4 Å². The van der Waals surface area contributed by atoms with Crippen molar-refractivity contribution in [3.05, 3.63) is 12.2 Å². The maximum Gasteiger partial charge on any atom is 0.252 e. The number of hydrogen-bond acceptors (Lipinski definition) is 6. The lowest BCUT2D eigenvalue weighted by Gasteiger charge is -2.06. The lowest BCUT2D eigenvalue weighted by molar-refractivity contribution is 0.0123. The maximum atomic E-state index is 8.56. The summed E-state index contributed by atoms with van der Waals surface area (Å²) < 4.78 is 17.7. The van der Waals surface area contributed by atoms with Crippen LogP contribution in [-0.2, 0) is 20.8 Å². The Morgan fingerprint density at radius 1 is 1.10 bits per heavy atom. The SMILES string of the molecule is CCCCOCCOCCOCCn1cnc(C#N)n1. The molecule has 0 radical (unpaired) electrons. The van der Waals surface area contributed by atoms with E-state index in [1.807, 2.05) is 6.07 Å². The van der Waals surface area contributed by atoms with Gasteiger partial charge >= 0.3 is 0 Å². The highest BCUT2D eigenvalue weighted by Crippen LogP contribution is 1.89. The third kappa shape index (κ3) is 7.84. The lowest BCUT2D eigenvalue weighted by Crippen LogP contribution is -2.12. The van der Waals surface area contributed by atoms with Gasteiger partial charge in [0.25, 0.3) is 5.82 Å². The minimum atomic E-state index is 0.177. The molecule has 7 heteroatoms. The first-order valence-corrected chi connectivity index (χ1v) is 6.89. The topological polar surface area (TPSA) is 82.2 Å². The van der Waals surface area contributed by atoms with E-state index in [4.69, 9.17) is 19.5 Å². The lowest BCUT2D eigenvalue weighted by atomic mass is 10.4. The van der Waals surface area contributed by atoms with Crippen molar-refractivity contribution in [2.24, 2.45) is 0 Å². The average Bonchev–Trinajstić information content (AvgIpc) is 2.93. The van der Waals surface area contributed by atoms with E-state index >= 15 is 0 Å². The number of unbranched alkanes of at least 4 members (excludes halogenated alkanes) is 1. The number of hydrogen-bond donors (Lipinski definition) is 0. The van der Waals surface area contributed by atoms with Gasteiger partial charge in [-0.3, -0.25) is 0 Å². The molecule has 7 nitrogen and oxygen atoms in total. The first-order valence-electron chi connectivity index (χ1n) is 6.89. The van der Waals surface area contributed by atoms with E-state index in [-0.39, 0.29) is 5.82 Å². The van der Waals surface area contributed by atoms with E-state index in [1.54, 1.807) is 4.68 Å². The van der Waals surface area contributed by atoms with Crippen LogP contribution < -0.4 is 0 Å². The Balaban J connectivity index is 1.84. The van der Waals surface area contributed by atoms with Crippen LogP contribution in [0.5, 0.6) is 0 Å². The minimum Gasteiger partial charge on any atom is -0.379 e. The highest BCUT2D eigenvalue weighted by molar-refractivity contribution is 5.05. The van der Waals surface area contributed by atoms with Crippen molar-refractivity contribution in [3.63, 3.8) is 0 Å². The zero-order chi connectivity index (χ0) is 14.5. The molecule has 0 saturated heterocycles. The molecule has 1 heterocycles. The molecule has 0 N–H and O–H groups in total. The van der Waals surface area contributed by atoms with Crippen molar-refractivity contribution >= 4 is 0 Å². The largest absolute Gasteiger partial charge is 0.379 e. The summed E-state index contributed by atoms with van der Waals surface area (Å²) in [6.45, 7) is 6.36. The van der Waals surface area contributed by atoms with Gasteiger partial charge in [0.2, 0.25) is 0 Å². The van der Waals surface area contributed by atoms with Gasteiger partial charge in [-0.05, 0) is 6.42 Å². The summed E-state index contributed by atoms with van der Waals surface area (Å²) in [7, 11) is 0. The van der Waals surface area contributed by atoms with Crippen LogP contribution in [0.1, 0.15) is 25.6 Å². The van der Waals surface area contributed by atoms with Gasteiger partial charge in [0.05, 0.1) is 39.6 Å². The molecule has 0 bridgehead atoms. The molecular formula is C13H22N4O3. The Morgan fingerprint density at radius 3 is 2.35 bits per heavy atom. The zero-order valence-electron chi connectivity index (χ0n) is 12.0. The number of nitriles is 1. The normalized spacial score (nSPS) is 10.6. The second kappa shape index (κ2) is 11.3. The first-order chi connectivity index (χ1) is 9.86. The van der Waals surface area contributed by atoms with Crippen LogP contribution in [0.3, 0.4) is 0 Å². The van der Waals surface area contributed by atoms with E-state index in [0.717, 1.165) is 19.4 Å². The summed E-state index contributed by atoms with van der Waals surface area (Å²) in [6.07, 6.45) is 3.77. The number of ether oxygens (including phenoxy) is 3. The summed E-state index contributed by atoms with van der Waals surface area (Å²) in [4.78, 5) is 3.80. The summed E-state index contributed by atoms with van der Waals surface area (Å²) in [5.74, 6) is 0.177. The molecule has 20 heavy (non-hydrogen) atoms. The Labute approximate surface area is 119 Å². The van der Waals surface area contributed by atoms with Gasteiger partial charge in [-0.25, -0.2) is 9.67 Å². The van der Waals surface area contributed by atoms with Crippen molar-refractivity contribution in [2.75, 3.05) is 39.6 Å². The summed E-state index contributed by atoms with van der Waals surface area (Å²) >= 11 is 0. The molecule has 0 amide bonds. The molecule has 1 aromatic rings. The van der Waals surface area contributed by atoms with E-state index in [9.17, 15) is 0 Å². The third-order valence-corrected chi connectivity index (χ3v) is 2.49. The molecule has 1 rings (SSSR count). The molecule has 112 valence electrons. The van der Waals surface area contributed by atoms with Crippen LogP contribution in [-0.4, -0.2) is 54.4 Å². The van der Waals surface area contributed by atoms with Gasteiger partial charge in [0, 0.05) is 6.61 Å². The third-order valence-electron chi connectivity index (χ3n) is 2.49. The number of rotatable bonds is 12. The van der Waals surface area contributed by atoms with Crippen LogP contribution in [0, 0.1) is 11.3 Å². The monoisotopic (exact) mass is 282 g/mol. The molecule has 0 aliphatic carbocycles. The van der Waals surface area contributed by atoms with Crippen molar-refractivity contribution in [3.8, 4) is 6.07 Å². The van der Waals surface area contributed by atoms with Crippen LogP contribution in [0.4, 0.5) is 0 Å². The molecule has 0 saturated carbocycles. The molecule has 0 unspecified atom stereocenters. The highest BCUT2D eigenvalue weighted by Gasteiger charge is 1.98. The van der Waals surface area contributed by atoms with Gasteiger partial charge < -0.3 is 14.2 Å². The van der Waals surface area contributed by atoms with Crippen molar-refractivity contribution in [1.29, 1.82) is 5.26 Å². The standard InChI is InChI=1S/C13H22N4O3/c1-2-3-5-18-7-9-20-10-8-19-6-4-17-12-15-13(11-14)16-17/h12H,2-10H2,1H3. The predicted octanol–water partition coefficient (Wildman–Crippen LogP) is 1.000. The summed E-state index contributed by atoms with van der Waals surface area (Å²) in [6, 6.07) is 1.87. The van der Waals surface area contributed by atoms with Gasteiger partial charge in [0.15, 0.2) is 0 Å². The zero-order valence-corrected chi connectivity index (χ0v) is 12.0. The fraction of sp³-hybridized carbons (Fsp3) is 0.769. The van der Waals surface area contributed by atoms with E-state index in [0.29, 0.717) is 39.6 Å².